The van der Waals surface area contributed by atoms with E-state index in [1.807, 2.05) is 55.5 Å². The molecule has 1 heterocycles. The molecule has 0 atom stereocenters. The van der Waals surface area contributed by atoms with Crippen LogP contribution in [-0.4, -0.2) is 23.9 Å². The van der Waals surface area contributed by atoms with Crippen molar-refractivity contribution in [3.8, 4) is 17.2 Å². The van der Waals surface area contributed by atoms with Gasteiger partial charge in [0.1, 0.15) is 12.4 Å². The molecule has 5 nitrogen and oxygen atoms in total. The molecule has 1 aliphatic rings. The molecule has 1 saturated heterocycles. The summed E-state index contributed by atoms with van der Waals surface area (Å²) >= 11 is 13.0. The first-order chi connectivity index (χ1) is 16.5. The number of amides is 1. The molecule has 174 valence electrons. The second kappa shape index (κ2) is 11.0. The maximum Gasteiger partial charge on any atom is 0.270 e. The normalized spacial score (nSPS) is 14.6. The van der Waals surface area contributed by atoms with Gasteiger partial charge in [0.15, 0.2) is 15.8 Å². The summed E-state index contributed by atoms with van der Waals surface area (Å²) in [5.74, 6) is 1.58. The van der Waals surface area contributed by atoms with Crippen molar-refractivity contribution in [1.82, 2.24) is 0 Å². The predicted octanol–water partition coefficient (Wildman–Crippen LogP) is 6.73. The fourth-order valence-corrected chi connectivity index (χ4v) is 4.92. The molecule has 0 spiro atoms. The van der Waals surface area contributed by atoms with E-state index in [-0.39, 0.29) is 5.91 Å². The van der Waals surface area contributed by atoms with Crippen LogP contribution in [0.5, 0.6) is 17.2 Å². The SMILES string of the molecule is CCOc1cc(/C=C2/SC(=S)N(c3ccc(OC)c(Cl)c3)C2=O)ccc1OCc1ccccc1. The average Bonchev–Trinajstić information content (AvgIpc) is 3.12. The average molecular weight is 512 g/mol. The van der Waals surface area contributed by atoms with Crippen molar-refractivity contribution in [2.75, 3.05) is 18.6 Å². The quantitative estimate of drug-likeness (QED) is 0.247. The van der Waals surface area contributed by atoms with Gasteiger partial charge in [-0.05, 0) is 54.5 Å². The summed E-state index contributed by atoms with van der Waals surface area (Å²) in [6, 6.07) is 20.7. The topological polar surface area (TPSA) is 48.0 Å². The maximum atomic E-state index is 13.1. The molecule has 3 aromatic carbocycles. The molecule has 3 aromatic rings. The van der Waals surface area contributed by atoms with Crippen molar-refractivity contribution in [2.45, 2.75) is 13.5 Å². The number of anilines is 1. The Hall–Kier alpha value is -3.00. The van der Waals surface area contributed by atoms with E-state index >= 15 is 0 Å². The third-order valence-electron chi connectivity index (χ3n) is 4.99. The number of nitrogens with zero attached hydrogens (tertiary/aromatic N) is 1. The summed E-state index contributed by atoms with van der Waals surface area (Å²) in [5, 5.41) is 0.408. The smallest absolute Gasteiger partial charge is 0.270 e. The lowest BCUT2D eigenvalue weighted by Gasteiger charge is -2.15. The Balaban J connectivity index is 1.56. The van der Waals surface area contributed by atoms with Crippen LogP contribution in [0.25, 0.3) is 6.08 Å². The third-order valence-corrected chi connectivity index (χ3v) is 6.59. The number of carbonyl (C=O) groups excluding carboxylic acids is 1. The van der Waals surface area contributed by atoms with Gasteiger partial charge in [-0.15, -0.1) is 0 Å². The molecule has 34 heavy (non-hydrogen) atoms. The van der Waals surface area contributed by atoms with Crippen molar-refractivity contribution in [1.29, 1.82) is 0 Å². The van der Waals surface area contributed by atoms with Gasteiger partial charge < -0.3 is 14.2 Å². The first-order valence-corrected chi connectivity index (χ1v) is 12.2. The third kappa shape index (κ3) is 5.38. The molecular formula is C26H22ClNO4S2. The highest BCUT2D eigenvalue weighted by Crippen LogP contribution is 2.39. The van der Waals surface area contributed by atoms with E-state index in [2.05, 4.69) is 0 Å². The number of thioether (sulfide) groups is 1. The monoisotopic (exact) mass is 511 g/mol. The number of hydrogen-bond donors (Lipinski definition) is 0. The highest BCUT2D eigenvalue weighted by Gasteiger charge is 2.33. The van der Waals surface area contributed by atoms with Crippen molar-refractivity contribution in [2.24, 2.45) is 0 Å². The van der Waals surface area contributed by atoms with E-state index in [9.17, 15) is 4.79 Å². The zero-order valence-electron chi connectivity index (χ0n) is 18.6. The largest absolute Gasteiger partial charge is 0.495 e. The number of rotatable bonds is 8. The van der Waals surface area contributed by atoms with E-state index in [0.29, 0.717) is 50.4 Å². The molecular weight excluding hydrogens is 490 g/mol. The summed E-state index contributed by atoms with van der Waals surface area (Å²) in [4.78, 5) is 15.1. The molecule has 0 N–H and O–H groups in total. The Labute approximate surface area is 213 Å². The lowest BCUT2D eigenvalue weighted by Crippen LogP contribution is -2.27. The van der Waals surface area contributed by atoms with Crippen LogP contribution < -0.4 is 19.1 Å². The van der Waals surface area contributed by atoms with Crippen molar-refractivity contribution in [3.63, 3.8) is 0 Å². The minimum atomic E-state index is -0.210. The molecule has 8 heteroatoms. The maximum absolute atomic E-state index is 13.1. The van der Waals surface area contributed by atoms with Crippen molar-refractivity contribution < 1.29 is 19.0 Å². The molecule has 4 rings (SSSR count). The van der Waals surface area contributed by atoms with Gasteiger partial charge in [0.05, 0.1) is 29.3 Å². The molecule has 1 aliphatic heterocycles. The number of thiocarbonyl (C=S) groups is 1. The van der Waals surface area contributed by atoms with Gasteiger partial charge in [-0.1, -0.05) is 72.0 Å². The fraction of sp³-hybridized carbons (Fsp3) is 0.154. The van der Waals surface area contributed by atoms with Crippen LogP contribution in [0.2, 0.25) is 5.02 Å². The van der Waals surface area contributed by atoms with E-state index in [1.54, 1.807) is 24.3 Å². The first kappa shape index (κ1) is 24.1. The molecule has 1 amide bonds. The highest BCUT2D eigenvalue weighted by atomic mass is 35.5. The Morgan fingerprint density at radius 2 is 1.76 bits per heavy atom. The zero-order chi connectivity index (χ0) is 24.1. The highest BCUT2D eigenvalue weighted by molar-refractivity contribution is 8.27. The summed E-state index contributed by atoms with van der Waals surface area (Å²) in [6.45, 7) is 2.84. The summed E-state index contributed by atoms with van der Waals surface area (Å²) < 4.78 is 17.4. The number of carbonyl (C=O) groups is 1. The van der Waals surface area contributed by atoms with Crippen LogP contribution in [0.15, 0.2) is 71.6 Å². The number of hydrogen-bond acceptors (Lipinski definition) is 6. The molecule has 0 bridgehead atoms. The van der Waals surface area contributed by atoms with Gasteiger partial charge in [-0.3, -0.25) is 9.69 Å². The van der Waals surface area contributed by atoms with Crippen LogP contribution in [0.3, 0.4) is 0 Å². The van der Waals surface area contributed by atoms with Crippen molar-refractivity contribution >= 4 is 57.6 Å². The van der Waals surface area contributed by atoms with Crippen molar-refractivity contribution in [3.05, 3.63) is 87.8 Å². The summed E-state index contributed by atoms with van der Waals surface area (Å²) in [7, 11) is 1.54. The molecule has 0 aliphatic carbocycles. The number of methoxy groups -OCH3 is 1. The van der Waals surface area contributed by atoms with Crippen LogP contribution >= 0.6 is 35.6 Å². The molecule has 0 saturated carbocycles. The lowest BCUT2D eigenvalue weighted by molar-refractivity contribution is -0.113. The van der Waals surface area contributed by atoms with Gasteiger partial charge >= 0.3 is 0 Å². The Bertz CT molecular complexity index is 1250. The van der Waals surface area contributed by atoms with Gasteiger partial charge in [0, 0.05) is 0 Å². The van der Waals surface area contributed by atoms with E-state index < -0.39 is 0 Å². The van der Waals surface area contributed by atoms with E-state index in [0.717, 1.165) is 11.1 Å². The van der Waals surface area contributed by atoms with Crippen LogP contribution in [0, 0.1) is 0 Å². The fourth-order valence-electron chi connectivity index (χ4n) is 3.37. The van der Waals surface area contributed by atoms with Crippen LogP contribution in [0.1, 0.15) is 18.1 Å². The van der Waals surface area contributed by atoms with Crippen LogP contribution in [-0.2, 0) is 11.4 Å². The molecule has 1 fully saturated rings. The predicted molar refractivity (Wildman–Crippen MR) is 142 cm³/mol. The molecule has 0 aromatic heterocycles. The minimum absolute atomic E-state index is 0.210. The number of ether oxygens (including phenoxy) is 3. The van der Waals surface area contributed by atoms with E-state index in [1.165, 1.54) is 23.8 Å². The molecule has 0 unspecified atom stereocenters. The van der Waals surface area contributed by atoms with E-state index in [4.69, 9.17) is 38.0 Å². The standard InChI is InChI=1S/C26H22ClNO4S2/c1-3-31-23-13-18(9-11-22(23)32-16-17-7-5-4-6-8-17)14-24-25(29)28(26(33)34-24)19-10-12-21(30-2)20(27)15-19/h4-15H,3,16H2,1-2H3/b24-14+. The lowest BCUT2D eigenvalue weighted by atomic mass is 10.1. The number of halogens is 1. The second-order valence-electron chi connectivity index (χ2n) is 7.25. The summed E-state index contributed by atoms with van der Waals surface area (Å²) in [6.07, 6.45) is 1.80. The number of benzene rings is 3. The van der Waals surface area contributed by atoms with Gasteiger partial charge in [0.25, 0.3) is 5.91 Å². The Kier molecular flexibility index (Phi) is 7.77. The van der Waals surface area contributed by atoms with Crippen LogP contribution in [0.4, 0.5) is 5.69 Å². The Morgan fingerprint density at radius 1 is 1.00 bits per heavy atom. The second-order valence-corrected chi connectivity index (χ2v) is 9.33. The van der Waals surface area contributed by atoms with Gasteiger partial charge in [-0.25, -0.2) is 0 Å². The first-order valence-electron chi connectivity index (χ1n) is 10.5. The van der Waals surface area contributed by atoms with Gasteiger partial charge in [0.2, 0.25) is 0 Å². The molecule has 0 radical (unpaired) electrons. The minimum Gasteiger partial charge on any atom is -0.495 e. The van der Waals surface area contributed by atoms with Gasteiger partial charge in [-0.2, -0.15) is 0 Å². The Morgan fingerprint density at radius 3 is 2.47 bits per heavy atom. The summed E-state index contributed by atoms with van der Waals surface area (Å²) in [5.41, 5.74) is 2.47. The zero-order valence-corrected chi connectivity index (χ0v) is 21.0.